The van der Waals surface area contributed by atoms with Crippen LogP contribution in [0.5, 0.6) is 5.75 Å². The Hall–Kier alpha value is -3.27. The van der Waals surface area contributed by atoms with Gasteiger partial charge in [-0.25, -0.2) is 8.78 Å². The number of carbonyl (C=O) groups excluding carboxylic acids is 2. The Labute approximate surface area is 182 Å². The molecule has 1 saturated heterocycles. The van der Waals surface area contributed by atoms with E-state index in [0.29, 0.717) is 19.1 Å². The van der Waals surface area contributed by atoms with Crippen LogP contribution < -0.4 is 15.5 Å². The number of pyridine rings is 1. The summed E-state index contributed by atoms with van der Waals surface area (Å²) in [5.74, 6) is -2.90. The van der Waals surface area contributed by atoms with Gasteiger partial charge in [-0.3, -0.25) is 14.4 Å². The Morgan fingerprint density at radius 3 is 2.81 bits per heavy atom. The third kappa shape index (κ3) is 3.86. The Bertz CT molecular complexity index is 1130. The summed E-state index contributed by atoms with van der Waals surface area (Å²) >= 11 is 0. The summed E-state index contributed by atoms with van der Waals surface area (Å²) in [6.07, 6.45) is 1.46. The minimum Gasteiger partial charge on any atom is -0.488 e. The standard InChI is InChI=1S/C22H23F2N3O5/c1-3-31-20-18-22(30)27-12(2)6-7-32-17(27)11-26(18)10-15(19(20)28)21(29)25-9-13-4-5-14(23)8-16(13)24/h4-5,8,10,12,17H,3,6-7,9,11H2,1-2H3,(H,25,29)/t12-,17?/m1/s1. The second-order valence-electron chi connectivity index (χ2n) is 7.73. The molecule has 2 aliphatic rings. The van der Waals surface area contributed by atoms with Crippen molar-refractivity contribution in [2.75, 3.05) is 13.2 Å². The predicted molar refractivity (Wildman–Crippen MR) is 109 cm³/mol. The third-order valence-corrected chi connectivity index (χ3v) is 5.65. The maximum absolute atomic E-state index is 13.9. The summed E-state index contributed by atoms with van der Waals surface area (Å²) in [5.41, 5.74) is -0.831. The molecule has 1 aromatic heterocycles. The van der Waals surface area contributed by atoms with Crippen LogP contribution in [0.1, 0.15) is 46.7 Å². The Morgan fingerprint density at radius 2 is 2.09 bits per heavy atom. The van der Waals surface area contributed by atoms with E-state index in [4.69, 9.17) is 9.47 Å². The van der Waals surface area contributed by atoms with Gasteiger partial charge in [-0.1, -0.05) is 6.07 Å². The first kappa shape index (κ1) is 21.9. The highest BCUT2D eigenvalue weighted by atomic mass is 19.1. The van der Waals surface area contributed by atoms with Gasteiger partial charge in [-0.05, 0) is 26.3 Å². The number of nitrogens with one attached hydrogen (secondary N) is 1. The van der Waals surface area contributed by atoms with Crippen molar-refractivity contribution >= 4 is 11.8 Å². The molecule has 1 fully saturated rings. The molecular formula is C22H23F2N3O5. The summed E-state index contributed by atoms with van der Waals surface area (Å²) in [7, 11) is 0. The van der Waals surface area contributed by atoms with Crippen LogP contribution in [-0.4, -0.2) is 46.8 Å². The zero-order valence-electron chi connectivity index (χ0n) is 17.7. The molecule has 32 heavy (non-hydrogen) atoms. The van der Waals surface area contributed by atoms with E-state index in [2.05, 4.69) is 5.32 Å². The number of carbonyl (C=O) groups is 2. The fourth-order valence-electron chi connectivity index (χ4n) is 4.02. The Balaban J connectivity index is 1.68. The molecule has 0 saturated carbocycles. The number of fused-ring (bicyclic) bond motifs is 2. The topological polar surface area (TPSA) is 89.9 Å². The van der Waals surface area contributed by atoms with E-state index in [0.717, 1.165) is 6.07 Å². The third-order valence-electron chi connectivity index (χ3n) is 5.65. The number of hydrogen-bond donors (Lipinski definition) is 1. The maximum Gasteiger partial charge on any atom is 0.276 e. The van der Waals surface area contributed by atoms with Crippen LogP contribution in [0, 0.1) is 11.6 Å². The highest BCUT2D eigenvalue weighted by molar-refractivity contribution is 5.99. The van der Waals surface area contributed by atoms with E-state index in [1.54, 1.807) is 11.8 Å². The summed E-state index contributed by atoms with van der Waals surface area (Å²) in [6, 6.07) is 2.94. The van der Waals surface area contributed by atoms with Gasteiger partial charge < -0.3 is 24.3 Å². The average molecular weight is 447 g/mol. The van der Waals surface area contributed by atoms with E-state index < -0.39 is 35.1 Å². The molecule has 1 N–H and O–H groups in total. The number of halogens is 2. The average Bonchev–Trinajstić information content (AvgIpc) is 2.75. The van der Waals surface area contributed by atoms with Crippen molar-refractivity contribution in [3.8, 4) is 5.75 Å². The number of hydrogen-bond acceptors (Lipinski definition) is 5. The van der Waals surface area contributed by atoms with Gasteiger partial charge in [0.1, 0.15) is 17.2 Å². The van der Waals surface area contributed by atoms with E-state index in [1.165, 1.54) is 16.8 Å². The van der Waals surface area contributed by atoms with E-state index >= 15 is 0 Å². The largest absolute Gasteiger partial charge is 0.488 e. The molecule has 1 aromatic carbocycles. The lowest BCUT2D eigenvalue weighted by Gasteiger charge is -2.44. The number of rotatable bonds is 5. The number of nitrogens with zero attached hydrogens (tertiary/aromatic N) is 2. The van der Waals surface area contributed by atoms with Crippen molar-refractivity contribution in [2.45, 2.75) is 45.6 Å². The van der Waals surface area contributed by atoms with Crippen LogP contribution in [0.4, 0.5) is 8.78 Å². The van der Waals surface area contributed by atoms with Crippen LogP contribution in [0.15, 0.2) is 29.2 Å². The molecule has 0 spiro atoms. The summed E-state index contributed by atoms with van der Waals surface area (Å²) in [4.78, 5) is 40.6. The molecule has 170 valence electrons. The van der Waals surface area contributed by atoms with E-state index in [9.17, 15) is 23.2 Å². The van der Waals surface area contributed by atoms with Crippen LogP contribution in [-0.2, 0) is 17.8 Å². The molecule has 2 amide bonds. The Morgan fingerprint density at radius 1 is 1.31 bits per heavy atom. The van der Waals surface area contributed by atoms with Gasteiger partial charge in [-0.2, -0.15) is 0 Å². The predicted octanol–water partition coefficient (Wildman–Crippen LogP) is 2.05. The number of aromatic nitrogens is 1. The molecular weight excluding hydrogens is 424 g/mol. The first-order valence-corrected chi connectivity index (χ1v) is 10.4. The SMILES string of the molecule is CCOc1c2n(cc(C(=O)NCc3ccc(F)cc3F)c1=O)CC1OCC[C@@H](C)N1C2=O. The molecule has 4 rings (SSSR count). The van der Waals surface area contributed by atoms with E-state index in [-0.39, 0.29) is 48.3 Å². The van der Waals surface area contributed by atoms with Crippen LogP contribution in [0.2, 0.25) is 0 Å². The highest BCUT2D eigenvalue weighted by Gasteiger charge is 2.41. The van der Waals surface area contributed by atoms with Crippen molar-refractivity contribution in [1.82, 2.24) is 14.8 Å². The monoisotopic (exact) mass is 447 g/mol. The number of ether oxygens (including phenoxy) is 2. The highest BCUT2D eigenvalue weighted by Crippen LogP contribution is 2.29. The van der Waals surface area contributed by atoms with Crippen molar-refractivity contribution < 1.29 is 27.8 Å². The summed E-state index contributed by atoms with van der Waals surface area (Å²) in [6.45, 7) is 4.20. The molecule has 0 bridgehead atoms. The van der Waals surface area contributed by atoms with E-state index in [1.807, 2.05) is 6.92 Å². The minimum atomic E-state index is -0.809. The van der Waals surface area contributed by atoms with Gasteiger partial charge >= 0.3 is 0 Å². The summed E-state index contributed by atoms with van der Waals surface area (Å²) < 4.78 is 39.7. The maximum atomic E-state index is 13.9. The molecule has 8 nitrogen and oxygen atoms in total. The first-order chi connectivity index (χ1) is 15.3. The van der Waals surface area contributed by atoms with Crippen molar-refractivity contribution in [2.24, 2.45) is 0 Å². The molecule has 3 heterocycles. The Kier molecular flexibility index (Phi) is 5.96. The smallest absolute Gasteiger partial charge is 0.276 e. The van der Waals surface area contributed by atoms with Crippen molar-refractivity contribution in [3.63, 3.8) is 0 Å². The molecule has 0 aliphatic carbocycles. The number of amides is 2. The fourth-order valence-corrected chi connectivity index (χ4v) is 4.02. The zero-order chi connectivity index (χ0) is 23.0. The lowest BCUT2D eigenvalue weighted by molar-refractivity contribution is -0.112. The van der Waals surface area contributed by atoms with Crippen LogP contribution in [0.3, 0.4) is 0 Å². The van der Waals surface area contributed by atoms with Gasteiger partial charge in [0.25, 0.3) is 11.8 Å². The number of benzene rings is 1. The minimum absolute atomic E-state index is 0.0619. The van der Waals surface area contributed by atoms with Gasteiger partial charge in [0.15, 0.2) is 17.7 Å². The van der Waals surface area contributed by atoms with Gasteiger partial charge in [0, 0.05) is 30.4 Å². The molecule has 2 aliphatic heterocycles. The van der Waals surface area contributed by atoms with Crippen molar-refractivity contribution in [1.29, 1.82) is 0 Å². The molecule has 2 aromatic rings. The molecule has 2 atom stereocenters. The molecule has 10 heteroatoms. The lowest BCUT2D eigenvalue weighted by Crippen LogP contribution is -2.57. The van der Waals surface area contributed by atoms with Gasteiger partial charge in [0.2, 0.25) is 5.43 Å². The molecule has 0 radical (unpaired) electrons. The second kappa shape index (κ2) is 8.70. The quantitative estimate of drug-likeness (QED) is 0.758. The lowest BCUT2D eigenvalue weighted by atomic mass is 10.1. The zero-order valence-corrected chi connectivity index (χ0v) is 17.7. The van der Waals surface area contributed by atoms with Crippen LogP contribution >= 0.6 is 0 Å². The summed E-state index contributed by atoms with van der Waals surface area (Å²) in [5, 5.41) is 2.47. The van der Waals surface area contributed by atoms with Crippen LogP contribution in [0.25, 0.3) is 0 Å². The first-order valence-electron chi connectivity index (χ1n) is 10.4. The fraction of sp³-hybridized carbons (Fsp3) is 0.409. The van der Waals surface area contributed by atoms with Gasteiger partial charge in [0.05, 0.1) is 19.8 Å². The van der Waals surface area contributed by atoms with Gasteiger partial charge in [-0.15, -0.1) is 0 Å². The second-order valence-corrected chi connectivity index (χ2v) is 7.73. The molecule has 1 unspecified atom stereocenters. The van der Waals surface area contributed by atoms with Crippen molar-refractivity contribution in [3.05, 3.63) is 63.1 Å². The normalized spacial score (nSPS) is 19.9.